The monoisotopic (exact) mass is 349 g/mol. The van der Waals surface area contributed by atoms with Gasteiger partial charge in [-0.05, 0) is 49.7 Å². The summed E-state index contributed by atoms with van der Waals surface area (Å²) >= 11 is 6.07. The minimum Gasteiger partial charge on any atom is -0.340 e. The van der Waals surface area contributed by atoms with Crippen LogP contribution in [0, 0.1) is 25.2 Å². The van der Waals surface area contributed by atoms with Gasteiger partial charge in [0.05, 0.1) is 11.6 Å². The summed E-state index contributed by atoms with van der Waals surface area (Å²) < 4.78 is 0. The van der Waals surface area contributed by atoms with Crippen molar-refractivity contribution in [1.29, 1.82) is 5.26 Å². The fourth-order valence-corrected chi connectivity index (χ4v) is 2.55. The number of nitriles is 1. The van der Waals surface area contributed by atoms with Crippen LogP contribution >= 0.6 is 11.6 Å². The molecule has 3 rings (SSSR count). The fraction of sp³-hybridized carbons (Fsp3) is 0.105. The smallest absolute Gasteiger partial charge is 0.136 e. The Morgan fingerprint density at radius 3 is 2.48 bits per heavy atom. The Hall–Kier alpha value is -3.10. The number of hydrogen-bond donors (Lipinski definition) is 2. The fourth-order valence-electron chi connectivity index (χ4n) is 2.38. The highest BCUT2D eigenvalue weighted by atomic mass is 35.5. The van der Waals surface area contributed by atoms with Gasteiger partial charge in [0, 0.05) is 22.5 Å². The Balaban J connectivity index is 1.87. The van der Waals surface area contributed by atoms with Gasteiger partial charge < -0.3 is 10.6 Å². The van der Waals surface area contributed by atoms with Gasteiger partial charge in [0.2, 0.25) is 0 Å². The van der Waals surface area contributed by atoms with Crippen LogP contribution in [-0.2, 0) is 0 Å². The average Bonchev–Trinajstić information content (AvgIpc) is 2.58. The van der Waals surface area contributed by atoms with Crippen LogP contribution in [0.4, 0.5) is 23.0 Å². The van der Waals surface area contributed by atoms with Gasteiger partial charge in [-0.15, -0.1) is 0 Å². The summed E-state index contributed by atoms with van der Waals surface area (Å²) in [5, 5.41) is 16.1. The molecule has 0 aliphatic rings. The van der Waals surface area contributed by atoms with Crippen molar-refractivity contribution < 1.29 is 0 Å². The van der Waals surface area contributed by atoms with E-state index < -0.39 is 0 Å². The Kier molecular flexibility index (Phi) is 4.82. The van der Waals surface area contributed by atoms with Crippen molar-refractivity contribution in [1.82, 2.24) is 9.97 Å². The number of anilines is 4. The van der Waals surface area contributed by atoms with E-state index in [9.17, 15) is 0 Å². The van der Waals surface area contributed by atoms with E-state index in [1.807, 2.05) is 50.2 Å². The number of aromatic nitrogens is 2. The highest BCUT2D eigenvalue weighted by Gasteiger charge is 2.06. The predicted molar refractivity (Wildman–Crippen MR) is 101 cm³/mol. The van der Waals surface area contributed by atoms with Crippen LogP contribution in [0.2, 0.25) is 5.02 Å². The first-order valence-electron chi connectivity index (χ1n) is 7.69. The number of nitrogens with one attached hydrogen (secondary N) is 2. The molecule has 0 atom stereocenters. The Bertz CT molecular complexity index is 962. The van der Waals surface area contributed by atoms with E-state index in [1.165, 1.54) is 0 Å². The SMILES string of the molecule is Cc1nc(Nc2cccc(C#N)c2)cc(Nc2cc(Cl)ccc2C)n1. The molecule has 1 heterocycles. The summed E-state index contributed by atoms with van der Waals surface area (Å²) in [7, 11) is 0. The zero-order valence-electron chi connectivity index (χ0n) is 13.8. The zero-order chi connectivity index (χ0) is 17.8. The van der Waals surface area contributed by atoms with Crippen LogP contribution in [0.1, 0.15) is 17.0 Å². The van der Waals surface area contributed by atoms with Crippen molar-refractivity contribution >= 4 is 34.6 Å². The molecule has 25 heavy (non-hydrogen) atoms. The van der Waals surface area contributed by atoms with Crippen LogP contribution < -0.4 is 10.6 Å². The number of rotatable bonds is 4. The van der Waals surface area contributed by atoms with Gasteiger partial charge in [-0.3, -0.25) is 0 Å². The third-order valence-electron chi connectivity index (χ3n) is 3.56. The Morgan fingerprint density at radius 1 is 0.960 bits per heavy atom. The molecule has 0 aliphatic heterocycles. The van der Waals surface area contributed by atoms with Gasteiger partial charge in [-0.2, -0.15) is 5.26 Å². The standard InChI is InChI=1S/C19H16ClN5/c1-12-6-7-15(20)9-17(12)25-19-10-18(22-13(2)23-19)24-16-5-3-4-14(8-16)11-21/h3-10H,1-2H3,(H2,22,23,24,25). The first-order chi connectivity index (χ1) is 12.0. The van der Waals surface area contributed by atoms with Gasteiger partial charge in [-0.25, -0.2) is 9.97 Å². The topological polar surface area (TPSA) is 73.6 Å². The lowest BCUT2D eigenvalue weighted by Gasteiger charge is -2.12. The lowest BCUT2D eigenvalue weighted by molar-refractivity contribution is 1.06. The van der Waals surface area contributed by atoms with Gasteiger partial charge in [0.15, 0.2) is 0 Å². The van der Waals surface area contributed by atoms with E-state index in [2.05, 4.69) is 26.7 Å². The van der Waals surface area contributed by atoms with Gasteiger partial charge >= 0.3 is 0 Å². The Morgan fingerprint density at radius 2 is 1.72 bits per heavy atom. The van der Waals surface area contributed by atoms with Crippen molar-refractivity contribution in [2.75, 3.05) is 10.6 Å². The highest BCUT2D eigenvalue weighted by Crippen LogP contribution is 2.25. The van der Waals surface area contributed by atoms with E-state index in [0.717, 1.165) is 16.9 Å². The van der Waals surface area contributed by atoms with Crippen LogP contribution in [0.3, 0.4) is 0 Å². The maximum atomic E-state index is 9.00. The summed E-state index contributed by atoms with van der Waals surface area (Å²) in [6.45, 7) is 3.83. The average molecular weight is 350 g/mol. The lowest BCUT2D eigenvalue weighted by Crippen LogP contribution is -2.02. The quantitative estimate of drug-likeness (QED) is 0.685. The molecule has 1 aromatic heterocycles. The van der Waals surface area contributed by atoms with Crippen LogP contribution in [0.15, 0.2) is 48.5 Å². The second-order valence-corrected chi connectivity index (χ2v) is 6.02. The third-order valence-corrected chi connectivity index (χ3v) is 3.80. The number of halogens is 1. The van der Waals surface area contributed by atoms with E-state index in [0.29, 0.717) is 28.0 Å². The summed E-state index contributed by atoms with van der Waals surface area (Å²) in [4.78, 5) is 8.81. The molecule has 0 fully saturated rings. The molecule has 0 bridgehead atoms. The van der Waals surface area contributed by atoms with Crippen molar-refractivity contribution in [2.24, 2.45) is 0 Å². The molecule has 0 saturated carbocycles. The normalized spacial score (nSPS) is 10.2. The van der Waals surface area contributed by atoms with Crippen molar-refractivity contribution in [3.8, 4) is 6.07 Å². The summed E-state index contributed by atoms with van der Waals surface area (Å²) in [5.74, 6) is 1.94. The van der Waals surface area contributed by atoms with E-state index >= 15 is 0 Å². The summed E-state index contributed by atoms with van der Waals surface area (Å²) in [6.07, 6.45) is 0. The number of aryl methyl sites for hydroxylation is 2. The predicted octanol–water partition coefficient (Wildman–Crippen LogP) is 5.11. The van der Waals surface area contributed by atoms with E-state index in [4.69, 9.17) is 16.9 Å². The zero-order valence-corrected chi connectivity index (χ0v) is 14.6. The number of nitrogens with zero attached hydrogens (tertiary/aromatic N) is 3. The molecule has 0 saturated heterocycles. The number of hydrogen-bond acceptors (Lipinski definition) is 5. The molecule has 2 aromatic carbocycles. The molecule has 2 N–H and O–H groups in total. The largest absolute Gasteiger partial charge is 0.340 e. The molecule has 124 valence electrons. The molecule has 0 unspecified atom stereocenters. The van der Waals surface area contributed by atoms with Crippen LogP contribution in [0.5, 0.6) is 0 Å². The molecule has 6 heteroatoms. The molecule has 0 amide bonds. The van der Waals surface area contributed by atoms with Gasteiger partial charge in [0.25, 0.3) is 0 Å². The molecule has 0 aliphatic carbocycles. The third kappa shape index (κ3) is 4.25. The highest BCUT2D eigenvalue weighted by molar-refractivity contribution is 6.30. The minimum atomic E-state index is 0.587. The Labute approximate surface area is 151 Å². The van der Waals surface area contributed by atoms with Crippen LogP contribution in [-0.4, -0.2) is 9.97 Å². The number of benzene rings is 2. The maximum absolute atomic E-state index is 9.00. The maximum Gasteiger partial charge on any atom is 0.136 e. The van der Waals surface area contributed by atoms with Gasteiger partial charge in [0.1, 0.15) is 17.5 Å². The van der Waals surface area contributed by atoms with Crippen molar-refractivity contribution in [3.63, 3.8) is 0 Å². The first kappa shape index (κ1) is 16.7. The molecule has 3 aromatic rings. The van der Waals surface area contributed by atoms with E-state index in [1.54, 1.807) is 12.1 Å². The second-order valence-electron chi connectivity index (χ2n) is 5.59. The van der Waals surface area contributed by atoms with Crippen molar-refractivity contribution in [3.05, 3.63) is 70.5 Å². The van der Waals surface area contributed by atoms with Crippen molar-refractivity contribution in [2.45, 2.75) is 13.8 Å². The molecule has 0 radical (unpaired) electrons. The van der Waals surface area contributed by atoms with E-state index in [-0.39, 0.29) is 0 Å². The molecular weight excluding hydrogens is 334 g/mol. The minimum absolute atomic E-state index is 0.587. The molecule has 0 spiro atoms. The summed E-state index contributed by atoms with van der Waals surface area (Å²) in [5.41, 5.74) is 3.34. The first-order valence-corrected chi connectivity index (χ1v) is 8.07. The molecule has 5 nitrogen and oxygen atoms in total. The van der Waals surface area contributed by atoms with Crippen LogP contribution in [0.25, 0.3) is 0 Å². The second kappa shape index (κ2) is 7.20. The van der Waals surface area contributed by atoms with Gasteiger partial charge in [-0.1, -0.05) is 23.7 Å². The lowest BCUT2D eigenvalue weighted by atomic mass is 10.2. The molecular formula is C19H16ClN5. The summed E-state index contributed by atoms with van der Waals surface area (Å²) in [6, 6.07) is 16.8.